The molecule has 0 atom stereocenters. The van der Waals surface area contributed by atoms with E-state index in [9.17, 15) is 0 Å². The number of hydrogen-bond donors (Lipinski definition) is 1. The second-order valence-electron chi connectivity index (χ2n) is 5.93. The summed E-state index contributed by atoms with van der Waals surface area (Å²) in [5.41, 5.74) is 6.43. The summed E-state index contributed by atoms with van der Waals surface area (Å²) in [5, 5.41) is 7.65. The highest BCUT2D eigenvalue weighted by molar-refractivity contribution is 5.90. The van der Waals surface area contributed by atoms with Crippen LogP contribution in [0.15, 0.2) is 35.9 Å². The number of allylic oxidation sites excluding steroid dienone is 4. The standard InChI is InChI=1S/C17H21N/c1-12-7-5-9-14(12)16-13(11-18)8-6-10-15(16)17(2,3)4/h5-8,10-11,18H,9H2,1-4H3. The minimum absolute atomic E-state index is 0.101. The van der Waals surface area contributed by atoms with Gasteiger partial charge in [0.1, 0.15) is 0 Å². The summed E-state index contributed by atoms with van der Waals surface area (Å²) in [4.78, 5) is 0. The van der Waals surface area contributed by atoms with E-state index in [1.54, 1.807) is 0 Å². The third kappa shape index (κ3) is 2.17. The van der Waals surface area contributed by atoms with Crippen LogP contribution in [0.5, 0.6) is 0 Å². The van der Waals surface area contributed by atoms with Gasteiger partial charge >= 0.3 is 0 Å². The predicted octanol–water partition coefficient (Wildman–Crippen LogP) is 4.72. The molecule has 0 unspecified atom stereocenters. The van der Waals surface area contributed by atoms with Gasteiger partial charge in [0.2, 0.25) is 0 Å². The molecule has 1 aliphatic rings. The van der Waals surface area contributed by atoms with Crippen LogP contribution in [0.2, 0.25) is 0 Å². The van der Waals surface area contributed by atoms with E-state index < -0.39 is 0 Å². The van der Waals surface area contributed by atoms with Crippen molar-refractivity contribution in [2.45, 2.75) is 39.5 Å². The molecule has 0 amide bonds. The zero-order chi connectivity index (χ0) is 13.3. The van der Waals surface area contributed by atoms with E-state index in [4.69, 9.17) is 5.41 Å². The maximum Gasteiger partial charge on any atom is 0.0256 e. The molecule has 0 radical (unpaired) electrons. The highest BCUT2D eigenvalue weighted by Gasteiger charge is 2.22. The molecule has 94 valence electrons. The largest absolute Gasteiger partial charge is 0.308 e. The van der Waals surface area contributed by atoms with E-state index in [0.29, 0.717) is 0 Å². The second kappa shape index (κ2) is 4.56. The first kappa shape index (κ1) is 12.8. The maximum atomic E-state index is 7.65. The number of benzene rings is 1. The lowest BCUT2D eigenvalue weighted by Gasteiger charge is -2.25. The normalized spacial score (nSPS) is 15.3. The van der Waals surface area contributed by atoms with Gasteiger partial charge in [-0.3, -0.25) is 0 Å². The fourth-order valence-electron chi connectivity index (χ4n) is 2.57. The number of nitrogens with one attached hydrogen (secondary N) is 1. The molecule has 1 N–H and O–H groups in total. The minimum Gasteiger partial charge on any atom is -0.308 e. The van der Waals surface area contributed by atoms with E-state index in [-0.39, 0.29) is 5.41 Å². The molecule has 18 heavy (non-hydrogen) atoms. The Labute approximate surface area is 110 Å². The molecular formula is C17H21N. The molecule has 1 heteroatoms. The van der Waals surface area contributed by atoms with Crippen molar-refractivity contribution in [3.63, 3.8) is 0 Å². The molecule has 1 aromatic rings. The fraction of sp³-hybridized carbons (Fsp3) is 0.353. The number of rotatable bonds is 2. The van der Waals surface area contributed by atoms with E-state index in [1.807, 2.05) is 6.07 Å². The van der Waals surface area contributed by atoms with E-state index in [0.717, 1.165) is 12.0 Å². The van der Waals surface area contributed by atoms with Crippen LogP contribution < -0.4 is 0 Å². The SMILES string of the molecule is CC1=C(c2c(C=N)cccc2C(C)(C)C)CC=C1. The quantitative estimate of drug-likeness (QED) is 0.722. The highest BCUT2D eigenvalue weighted by Crippen LogP contribution is 2.37. The van der Waals surface area contributed by atoms with Crippen molar-refractivity contribution in [1.29, 1.82) is 5.41 Å². The molecule has 1 aliphatic carbocycles. The summed E-state index contributed by atoms with van der Waals surface area (Å²) >= 11 is 0. The minimum atomic E-state index is 0.101. The zero-order valence-corrected chi connectivity index (χ0v) is 11.7. The maximum absolute atomic E-state index is 7.65. The third-order valence-electron chi connectivity index (χ3n) is 3.53. The Morgan fingerprint density at radius 2 is 1.94 bits per heavy atom. The van der Waals surface area contributed by atoms with Gasteiger partial charge in [0.25, 0.3) is 0 Å². The lowest BCUT2D eigenvalue weighted by molar-refractivity contribution is 0.588. The zero-order valence-electron chi connectivity index (χ0n) is 11.7. The average Bonchev–Trinajstić information content (AvgIpc) is 2.73. The molecule has 0 saturated carbocycles. The summed E-state index contributed by atoms with van der Waals surface area (Å²) in [6.45, 7) is 8.86. The van der Waals surface area contributed by atoms with E-state index in [1.165, 1.54) is 28.5 Å². The Kier molecular flexibility index (Phi) is 3.25. The smallest absolute Gasteiger partial charge is 0.0256 e. The van der Waals surface area contributed by atoms with Gasteiger partial charge in [0.15, 0.2) is 0 Å². The second-order valence-corrected chi connectivity index (χ2v) is 5.93. The van der Waals surface area contributed by atoms with Gasteiger partial charge in [-0.1, -0.05) is 51.1 Å². The van der Waals surface area contributed by atoms with Crippen LogP contribution in [0, 0.1) is 5.41 Å². The van der Waals surface area contributed by atoms with Crippen molar-refractivity contribution in [3.05, 3.63) is 52.6 Å². The molecule has 1 nitrogen and oxygen atoms in total. The van der Waals surface area contributed by atoms with Crippen LogP contribution in [0.25, 0.3) is 5.57 Å². The van der Waals surface area contributed by atoms with Crippen molar-refractivity contribution in [2.24, 2.45) is 0 Å². The van der Waals surface area contributed by atoms with Gasteiger partial charge in [-0.25, -0.2) is 0 Å². The molecular weight excluding hydrogens is 218 g/mol. The summed E-state index contributed by atoms with van der Waals surface area (Å²) in [7, 11) is 0. The van der Waals surface area contributed by atoms with Gasteiger partial charge in [-0.2, -0.15) is 0 Å². The van der Waals surface area contributed by atoms with Gasteiger partial charge in [-0.15, -0.1) is 0 Å². The van der Waals surface area contributed by atoms with Crippen LogP contribution in [-0.2, 0) is 5.41 Å². The lowest BCUT2D eigenvalue weighted by atomic mass is 9.79. The monoisotopic (exact) mass is 239 g/mol. The van der Waals surface area contributed by atoms with Crippen LogP contribution in [0.1, 0.15) is 50.8 Å². The first-order valence-corrected chi connectivity index (χ1v) is 6.46. The van der Waals surface area contributed by atoms with Crippen molar-refractivity contribution in [3.8, 4) is 0 Å². The lowest BCUT2D eigenvalue weighted by Crippen LogP contribution is -2.15. The van der Waals surface area contributed by atoms with Crippen molar-refractivity contribution < 1.29 is 0 Å². The summed E-state index contributed by atoms with van der Waals surface area (Å²) < 4.78 is 0. The molecule has 0 aromatic heterocycles. The summed E-state index contributed by atoms with van der Waals surface area (Å²) in [5.74, 6) is 0. The predicted molar refractivity (Wildman–Crippen MR) is 79.4 cm³/mol. The topological polar surface area (TPSA) is 23.9 Å². The Morgan fingerprint density at radius 3 is 2.44 bits per heavy atom. The molecule has 0 fully saturated rings. The first-order valence-electron chi connectivity index (χ1n) is 6.46. The molecule has 1 aromatic carbocycles. The molecule has 0 aliphatic heterocycles. The van der Waals surface area contributed by atoms with Crippen LogP contribution in [0.4, 0.5) is 0 Å². The Morgan fingerprint density at radius 1 is 1.22 bits per heavy atom. The summed E-state index contributed by atoms with van der Waals surface area (Å²) in [6, 6.07) is 6.29. The Hall–Kier alpha value is -1.63. The van der Waals surface area contributed by atoms with Crippen LogP contribution in [-0.4, -0.2) is 6.21 Å². The Balaban J connectivity index is 2.71. The molecule has 2 rings (SSSR count). The van der Waals surface area contributed by atoms with E-state index >= 15 is 0 Å². The van der Waals surface area contributed by atoms with Gasteiger partial charge in [0.05, 0.1) is 0 Å². The van der Waals surface area contributed by atoms with Crippen molar-refractivity contribution in [2.75, 3.05) is 0 Å². The average molecular weight is 239 g/mol. The molecule has 0 heterocycles. The molecule has 0 spiro atoms. The van der Waals surface area contributed by atoms with Crippen molar-refractivity contribution >= 4 is 11.8 Å². The molecule has 0 saturated heterocycles. The summed E-state index contributed by atoms with van der Waals surface area (Å²) in [6.07, 6.45) is 6.85. The first-order chi connectivity index (χ1) is 8.45. The van der Waals surface area contributed by atoms with Crippen LogP contribution >= 0.6 is 0 Å². The molecule has 0 bridgehead atoms. The Bertz CT molecular complexity index is 539. The highest BCUT2D eigenvalue weighted by atomic mass is 14.3. The third-order valence-corrected chi connectivity index (χ3v) is 3.53. The van der Waals surface area contributed by atoms with E-state index in [2.05, 4.69) is 52.0 Å². The van der Waals surface area contributed by atoms with Gasteiger partial charge < -0.3 is 5.41 Å². The van der Waals surface area contributed by atoms with Crippen molar-refractivity contribution in [1.82, 2.24) is 0 Å². The van der Waals surface area contributed by atoms with Gasteiger partial charge in [0, 0.05) is 6.21 Å². The van der Waals surface area contributed by atoms with Crippen LogP contribution in [0.3, 0.4) is 0 Å². The fourth-order valence-corrected chi connectivity index (χ4v) is 2.57. The number of hydrogen-bond acceptors (Lipinski definition) is 1. The van der Waals surface area contributed by atoms with Gasteiger partial charge in [-0.05, 0) is 46.6 Å².